The van der Waals surface area contributed by atoms with Crippen molar-refractivity contribution in [1.29, 1.82) is 5.26 Å². The van der Waals surface area contributed by atoms with E-state index in [2.05, 4.69) is 45.6 Å². The van der Waals surface area contributed by atoms with E-state index in [1.807, 2.05) is 33.7 Å². The van der Waals surface area contributed by atoms with Crippen LogP contribution in [0.4, 0.5) is 5.95 Å². The number of amides is 1. The molecule has 6 rings (SSSR count). The summed E-state index contributed by atoms with van der Waals surface area (Å²) in [6, 6.07) is 18.6. The number of carbonyl (C=O) groups excluding carboxylic acids is 1. The van der Waals surface area contributed by atoms with Gasteiger partial charge in [0.1, 0.15) is 11.6 Å². The van der Waals surface area contributed by atoms with Crippen LogP contribution in [0, 0.1) is 17.2 Å². The Morgan fingerprint density at radius 2 is 1.92 bits per heavy atom. The van der Waals surface area contributed by atoms with E-state index >= 15 is 0 Å². The van der Waals surface area contributed by atoms with Crippen LogP contribution in [-0.2, 0) is 11.2 Å². The van der Waals surface area contributed by atoms with Crippen molar-refractivity contribution in [2.45, 2.75) is 44.6 Å². The molecule has 37 heavy (non-hydrogen) atoms. The molecule has 2 aliphatic rings. The van der Waals surface area contributed by atoms with Gasteiger partial charge in [-0.1, -0.05) is 42.8 Å². The molecule has 8 nitrogen and oxygen atoms in total. The first-order valence-corrected chi connectivity index (χ1v) is 13.0. The predicted molar refractivity (Wildman–Crippen MR) is 142 cm³/mol. The van der Waals surface area contributed by atoms with Crippen molar-refractivity contribution in [3.63, 3.8) is 0 Å². The second-order valence-corrected chi connectivity index (χ2v) is 9.94. The molecule has 186 valence electrons. The number of hydrogen-bond donors (Lipinski definition) is 1. The molecule has 2 aromatic heterocycles. The number of hydrogen-bond acceptors (Lipinski definition) is 6. The van der Waals surface area contributed by atoms with Crippen LogP contribution in [-0.4, -0.2) is 49.5 Å². The fourth-order valence-electron chi connectivity index (χ4n) is 5.31. The number of rotatable bonds is 6. The minimum absolute atomic E-state index is 0.106. The molecule has 1 aliphatic carbocycles. The summed E-state index contributed by atoms with van der Waals surface area (Å²) in [5, 5.41) is 15.2. The van der Waals surface area contributed by atoms with Crippen molar-refractivity contribution in [2.75, 3.05) is 18.4 Å². The second-order valence-electron chi connectivity index (χ2n) is 9.94. The van der Waals surface area contributed by atoms with Crippen LogP contribution >= 0.6 is 0 Å². The summed E-state index contributed by atoms with van der Waals surface area (Å²) >= 11 is 0. The van der Waals surface area contributed by atoms with E-state index in [4.69, 9.17) is 4.98 Å². The Morgan fingerprint density at radius 3 is 2.73 bits per heavy atom. The highest BCUT2D eigenvalue weighted by Crippen LogP contribution is 2.30. The van der Waals surface area contributed by atoms with Gasteiger partial charge in [0.25, 0.3) is 0 Å². The molecule has 2 aromatic carbocycles. The highest BCUT2D eigenvalue weighted by Gasteiger charge is 2.32. The van der Waals surface area contributed by atoms with Gasteiger partial charge in [-0.2, -0.15) is 10.2 Å². The summed E-state index contributed by atoms with van der Waals surface area (Å²) in [6.07, 6.45) is 8.83. The first-order valence-electron chi connectivity index (χ1n) is 13.0. The van der Waals surface area contributed by atoms with Crippen LogP contribution in [0.25, 0.3) is 28.0 Å². The maximum absolute atomic E-state index is 12.8. The minimum atomic E-state index is 0.106. The lowest BCUT2D eigenvalue weighted by atomic mass is 9.84. The first-order chi connectivity index (χ1) is 18.2. The third kappa shape index (κ3) is 4.65. The lowest BCUT2D eigenvalue weighted by Crippen LogP contribution is -2.48. The third-order valence-corrected chi connectivity index (χ3v) is 7.49. The number of benzene rings is 2. The predicted octanol–water partition coefficient (Wildman–Crippen LogP) is 4.75. The van der Waals surface area contributed by atoms with Gasteiger partial charge in [-0.3, -0.25) is 9.36 Å². The summed E-state index contributed by atoms with van der Waals surface area (Å²) in [5.74, 6) is 2.41. The van der Waals surface area contributed by atoms with E-state index in [-0.39, 0.29) is 18.4 Å². The fourth-order valence-corrected chi connectivity index (χ4v) is 5.31. The van der Waals surface area contributed by atoms with Crippen molar-refractivity contribution < 1.29 is 4.79 Å². The zero-order valence-electron chi connectivity index (χ0n) is 20.7. The van der Waals surface area contributed by atoms with Crippen LogP contribution in [0.2, 0.25) is 0 Å². The highest BCUT2D eigenvalue weighted by molar-refractivity contribution is 5.86. The quantitative estimate of drug-likeness (QED) is 0.418. The van der Waals surface area contributed by atoms with Crippen molar-refractivity contribution >= 4 is 22.6 Å². The van der Waals surface area contributed by atoms with Gasteiger partial charge < -0.3 is 10.2 Å². The first kappa shape index (κ1) is 23.2. The molecule has 0 radical (unpaired) electrons. The van der Waals surface area contributed by atoms with Crippen LogP contribution in [0.3, 0.4) is 0 Å². The molecule has 1 atom stereocenters. The van der Waals surface area contributed by atoms with Crippen LogP contribution in [0.5, 0.6) is 0 Å². The number of anilines is 1. The SMILES string of the molecule is N#CCc1cnc(-c2ccc3ccccc3c2)n1-c1ccnc(NC2CCCN(C(=O)C3CCC3)C2)n1. The van der Waals surface area contributed by atoms with Crippen molar-refractivity contribution in [2.24, 2.45) is 5.92 Å². The van der Waals surface area contributed by atoms with Crippen molar-refractivity contribution in [1.82, 2.24) is 24.4 Å². The number of aromatic nitrogens is 4. The molecule has 1 amide bonds. The topological polar surface area (TPSA) is 99.7 Å². The Balaban J connectivity index is 1.28. The van der Waals surface area contributed by atoms with E-state index in [1.165, 1.54) is 0 Å². The average Bonchev–Trinajstić information content (AvgIpc) is 3.31. The van der Waals surface area contributed by atoms with E-state index in [1.54, 1.807) is 12.4 Å². The second kappa shape index (κ2) is 10.0. The molecule has 1 saturated heterocycles. The van der Waals surface area contributed by atoms with Gasteiger partial charge in [-0.25, -0.2) is 9.97 Å². The Bertz CT molecular complexity index is 1480. The lowest BCUT2D eigenvalue weighted by molar-refractivity contribution is -0.139. The number of nitriles is 1. The van der Waals surface area contributed by atoms with Gasteiger partial charge in [0.2, 0.25) is 11.9 Å². The summed E-state index contributed by atoms with van der Waals surface area (Å²) in [7, 11) is 0. The molecule has 1 unspecified atom stereocenters. The van der Waals surface area contributed by atoms with Gasteiger partial charge in [0, 0.05) is 36.8 Å². The normalized spacial score (nSPS) is 17.8. The molecule has 3 heterocycles. The molecule has 1 aliphatic heterocycles. The third-order valence-electron chi connectivity index (χ3n) is 7.49. The van der Waals surface area contributed by atoms with E-state index in [0.717, 1.165) is 66.5 Å². The van der Waals surface area contributed by atoms with Crippen LogP contribution in [0.1, 0.15) is 37.8 Å². The Hall–Kier alpha value is -4.25. The van der Waals surface area contributed by atoms with Crippen LogP contribution in [0.15, 0.2) is 60.9 Å². The number of imidazole rings is 1. The molecule has 2 fully saturated rings. The monoisotopic (exact) mass is 491 g/mol. The number of likely N-dealkylation sites (tertiary alicyclic amines) is 1. The Morgan fingerprint density at radius 1 is 1.05 bits per heavy atom. The van der Waals surface area contributed by atoms with Gasteiger partial charge in [-0.05, 0) is 48.6 Å². The number of carbonyl (C=O) groups is 1. The van der Waals surface area contributed by atoms with Gasteiger partial charge in [-0.15, -0.1) is 0 Å². The van der Waals surface area contributed by atoms with Gasteiger partial charge in [0.15, 0.2) is 0 Å². The summed E-state index contributed by atoms with van der Waals surface area (Å²) in [6.45, 7) is 1.51. The molecule has 4 aromatic rings. The number of piperidine rings is 1. The molecule has 0 spiro atoms. The maximum atomic E-state index is 12.8. The largest absolute Gasteiger partial charge is 0.350 e. The smallest absolute Gasteiger partial charge is 0.225 e. The van der Waals surface area contributed by atoms with Gasteiger partial charge >= 0.3 is 0 Å². The summed E-state index contributed by atoms with van der Waals surface area (Å²) < 4.78 is 1.94. The number of nitrogens with zero attached hydrogens (tertiary/aromatic N) is 6. The van der Waals surface area contributed by atoms with Crippen molar-refractivity contribution in [3.05, 3.63) is 66.6 Å². The summed E-state index contributed by atoms with van der Waals surface area (Å²) in [5.41, 5.74) is 1.72. The number of fused-ring (bicyclic) bond motifs is 1. The molecule has 8 heteroatoms. The fraction of sp³-hybridized carbons (Fsp3) is 0.345. The molecule has 1 saturated carbocycles. The maximum Gasteiger partial charge on any atom is 0.225 e. The average molecular weight is 492 g/mol. The molecular formula is C29H29N7O. The number of nitrogens with one attached hydrogen (secondary N) is 1. The van der Waals surface area contributed by atoms with E-state index in [0.29, 0.717) is 24.2 Å². The molecular weight excluding hydrogens is 462 g/mol. The standard InChI is InChI=1S/C29H29N7O/c30-14-12-25-18-32-27(23-11-10-20-5-1-2-6-22(20)17-23)36(25)26-13-15-31-29(34-26)33-24-9-4-16-35(19-24)28(37)21-7-3-8-21/h1-2,5-6,10-11,13,15,17-18,21,24H,3-4,7-9,12,16,19H2,(H,31,33,34). The molecule has 1 N–H and O–H groups in total. The minimum Gasteiger partial charge on any atom is -0.350 e. The van der Waals surface area contributed by atoms with E-state index < -0.39 is 0 Å². The zero-order chi connectivity index (χ0) is 25.2. The molecule has 0 bridgehead atoms. The Kier molecular flexibility index (Phi) is 6.27. The van der Waals surface area contributed by atoms with Gasteiger partial charge in [0.05, 0.1) is 24.4 Å². The zero-order valence-corrected chi connectivity index (χ0v) is 20.7. The summed E-state index contributed by atoms with van der Waals surface area (Å²) in [4.78, 5) is 28.7. The Labute approximate surface area is 216 Å². The lowest BCUT2D eigenvalue weighted by Gasteiger charge is -2.37. The van der Waals surface area contributed by atoms with E-state index in [9.17, 15) is 10.1 Å². The van der Waals surface area contributed by atoms with Crippen molar-refractivity contribution in [3.8, 4) is 23.3 Å². The van der Waals surface area contributed by atoms with Crippen LogP contribution < -0.4 is 5.32 Å². The highest BCUT2D eigenvalue weighted by atomic mass is 16.2.